The molecule has 0 radical (unpaired) electrons. The number of hydrogen-bond acceptors (Lipinski definition) is 7. The van der Waals surface area contributed by atoms with Crippen molar-refractivity contribution in [3.63, 3.8) is 0 Å². The Balaban J connectivity index is 2.26. The van der Waals surface area contributed by atoms with Crippen LogP contribution in [-0.2, 0) is 11.3 Å². The van der Waals surface area contributed by atoms with E-state index in [2.05, 4.69) is 15.0 Å². The highest BCUT2D eigenvalue weighted by atomic mass is 16.6. The fourth-order valence-electron chi connectivity index (χ4n) is 1.53. The molecule has 104 valence electrons. The van der Waals surface area contributed by atoms with Crippen LogP contribution >= 0.6 is 0 Å². The van der Waals surface area contributed by atoms with Gasteiger partial charge < -0.3 is 14.5 Å². The molecule has 2 aromatic rings. The Bertz CT molecular complexity index is 624. The summed E-state index contributed by atoms with van der Waals surface area (Å²) < 4.78 is 9.42. The van der Waals surface area contributed by atoms with Crippen LogP contribution in [0.1, 0.15) is 16.1 Å². The summed E-state index contributed by atoms with van der Waals surface area (Å²) in [4.78, 5) is 25.6. The molecular weight excluding hydrogens is 266 g/mol. The average molecular weight is 277 g/mol. The predicted molar refractivity (Wildman–Crippen MR) is 68.3 cm³/mol. The summed E-state index contributed by atoms with van der Waals surface area (Å²) in [5, 5.41) is 13.7. The van der Waals surface area contributed by atoms with Crippen molar-refractivity contribution in [3.8, 4) is 0 Å². The number of carbonyl (C=O) groups excluding carboxylic acids is 1. The Hall–Kier alpha value is -2.90. The van der Waals surface area contributed by atoms with E-state index in [1.54, 1.807) is 6.07 Å². The number of esters is 1. The molecular formula is C12H11N3O5. The molecule has 0 aliphatic heterocycles. The van der Waals surface area contributed by atoms with Crippen molar-refractivity contribution in [3.05, 3.63) is 52.1 Å². The van der Waals surface area contributed by atoms with E-state index >= 15 is 0 Å². The van der Waals surface area contributed by atoms with Crippen LogP contribution in [0.2, 0.25) is 0 Å². The maximum atomic E-state index is 11.4. The van der Waals surface area contributed by atoms with E-state index in [4.69, 9.17) is 4.42 Å². The van der Waals surface area contributed by atoms with Crippen molar-refractivity contribution in [2.75, 3.05) is 12.4 Å². The maximum absolute atomic E-state index is 11.4. The third-order valence-electron chi connectivity index (χ3n) is 2.51. The van der Waals surface area contributed by atoms with Gasteiger partial charge in [-0.1, -0.05) is 0 Å². The number of hydrogen-bond donors (Lipinski definition) is 1. The third kappa shape index (κ3) is 2.91. The molecule has 0 bridgehead atoms. The average Bonchev–Trinajstić information content (AvgIpc) is 2.97. The minimum Gasteiger partial charge on any atom is -0.472 e. The van der Waals surface area contributed by atoms with Crippen LogP contribution in [0.15, 0.2) is 35.1 Å². The van der Waals surface area contributed by atoms with Crippen molar-refractivity contribution in [2.24, 2.45) is 0 Å². The molecule has 2 rings (SSSR count). The van der Waals surface area contributed by atoms with Crippen molar-refractivity contribution in [1.29, 1.82) is 0 Å². The summed E-state index contributed by atoms with van der Waals surface area (Å²) in [5.41, 5.74) is 0.568. The quantitative estimate of drug-likeness (QED) is 0.505. The second-order valence-corrected chi connectivity index (χ2v) is 3.80. The molecule has 0 saturated carbocycles. The summed E-state index contributed by atoms with van der Waals surface area (Å²) >= 11 is 0. The van der Waals surface area contributed by atoms with Gasteiger partial charge in [-0.05, 0) is 12.1 Å². The Kier molecular flexibility index (Phi) is 3.94. The Morgan fingerprint density at radius 2 is 2.30 bits per heavy atom. The summed E-state index contributed by atoms with van der Waals surface area (Å²) in [5.74, 6) is -0.662. The van der Waals surface area contributed by atoms with Crippen molar-refractivity contribution < 1.29 is 18.9 Å². The van der Waals surface area contributed by atoms with Crippen LogP contribution in [0.25, 0.3) is 0 Å². The Labute approximate surface area is 113 Å². The lowest BCUT2D eigenvalue weighted by atomic mass is 10.3. The van der Waals surface area contributed by atoms with Gasteiger partial charge in [0.1, 0.15) is 0 Å². The van der Waals surface area contributed by atoms with Crippen LogP contribution in [-0.4, -0.2) is 23.0 Å². The monoisotopic (exact) mass is 277 g/mol. The highest BCUT2D eigenvalue weighted by molar-refractivity contribution is 5.88. The number of pyridine rings is 1. The molecule has 8 nitrogen and oxygen atoms in total. The van der Waals surface area contributed by atoms with Gasteiger partial charge in [0.25, 0.3) is 0 Å². The molecule has 0 aliphatic carbocycles. The zero-order valence-electron chi connectivity index (χ0n) is 10.5. The number of ether oxygens (including phenoxy) is 1. The summed E-state index contributed by atoms with van der Waals surface area (Å²) in [7, 11) is 1.21. The molecule has 0 amide bonds. The van der Waals surface area contributed by atoms with Gasteiger partial charge in [-0.15, -0.1) is 0 Å². The van der Waals surface area contributed by atoms with Gasteiger partial charge in [-0.25, -0.2) is 9.78 Å². The van der Waals surface area contributed by atoms with E-state index in [0.29, 0.717) is 0 Å². The molecule has 0 unspecified atom stereocenters. The highest BCUT2D eigenvalue weighted by Crippen LogP contribution is 2.23. The summed E-state index contributed by atoms with van der Waals surface area (Å²) in [6.07, 6.45) is 2.99. The molecule has 0 aromatic carbocycles. The molecule has 2 aromatic heterocycles. The molecule has 8 heteroatoms. The van der Waals surface area contributed by atoms with Crippen molar-refractivity contribution in [1.82, 2.24) is 4.98 Å². The number of methoxy groups -OCH3 is 1. The minimum atomic E-state index is -0.661. The van der Waals surface area contributed by atoms with E-state index in [1.807, 2.05) is 0 Å². The Morgan fingerprint density at radius 3 is 2.90 bits per heavy atom. The van der Waals surface area contributed by atoms with E-state index in [0.717, 1.165) is 5.56 Å². The fourth-order valence-corrected chi connectivity index (χ4v) is 1.53. The topological polar surface area (TPSA) is 108 Å². The fraction of sp³-hybridized carbons (Fsp3) is 0.167. The van der Waals surface area contributed by atoms with Gasteiger partial charge in [0, 0.05) is 18.2 Å². The van der Waals surface area contributed by atoms with Gasteiger partial charge in [0.2, 0.25) is 5.82 Å². The molecule has 0 aliphatic rings. The lowest BCUT2D eigenvalue weighted by Crippen LogP contribution is -2.09. The predicted octanol–water partition coefficient (Wildman–Crippen LogP) is 1.98. The zero-order chi connectivity index (χ0) is 14.5. The van der Waals surface area contributed by atoms with Gasteiger partial charge >= 0.3 is 11.7 Å². The molecule has 0 saturated heterocycles. The lowest BCUT2D eigenvalue weighted by molar-refractivity contribution is -0.384. The first-order chi connectivity index (χ1) is 9.61. The van der Waals surface area contributed by atoms with Gasteiger partial charge in [0.15, 0.2) is 5.69 Å². The van der Waals surface area contributed by atoms with E-state index in [1.165, 1.54) is 31.8 Å². The summed E-state index contributed by atoms with van der Waals surface area (Å²) in [6.45, 7) is 0.287. The molecule has 0 fully saturated rings. The zero-order valence-corrected chi connectivity index (χ0v) is 10.5. The summed E-state index contributed by atoms with van der Waals surface area (Å²) in [6, 6.07) is 4.16. The maximum Gasteiger partial charge on any atom is 0.356 e. The van der Waals surface area contributed by atoms with Crippen molar-refractivity contribution >= 4 is 17.5 Å². The normalized spacial score (nSPS) is 10.1. The number of rotatable bonds is 5. The first kappa shape index (κ1) is 13.5. The second kappa shape index (κ2) is 5.83. The standard InChI is InChI=1S/C12H11N3O5/c1-19-12(16)9-2-3-10(15(17)18)11(14-9)13-6-8-4-5-20-7-8/h2-5,7H,6H2,1H3,(H,13,14). The highest BCUT2D eigenvalue weighted by Gasteiger charge is 2.18. The van der Waals surface area contributed by atoms with Crippen LogP contribution in [0.3, 0.4) is 0 Å². The van der Waals surface area contributed by atoms with Gasteiger partial charge in [-0.3, -0.25) is 10.1 Å². The number of nitrogens with zero attached hydrogens (tertiary/aromatic N) is 2. The third-order valence-corrected chi connectivity index (χ3v) is 2.51. The number of furan rings is 1. The van der Waals surface area contributed by atoms with Crippen LogP contribution in [0.4, 0.5) is 11.5 Å². The number of aromatic nitrogens is 1. The van der Waals surface area contributed by atoms with E-state index in [-0.39, 0.29) is 23.7 Å². The van der Waals surface area contributed by atoms with Crippen LogP contribution in [0.5, 0.6) is 0 Å². The van der Waals surface area contributed by atoms with E-state index in [9.17, 15) is 14.9 Å². The molecule has 2 heterocycles. The number of carbonyl (C=O) groups is 1. The number of anilines is 1. The van der Waals surface area contributed by atoms with Crippen LogP contribution < -0.4 is 5.32 Å². The largest absolute Gasteiger partial charge is 0.472 e. The Morgan fingerprint density at radius 1 is 1.50 bits per heavy atom. The minimum absolute atomic E-state index is 0.000833. The van der Waals surface area contributed by atoms with Crippen LogP contribution in [0, 0.1) is 10.1 Å². The van der Waals surface area contributed by atoms with Gasteiger partial charge in [-0.2, -0.15) is 0 Å². The molecule has 20 heavy (non-hydrogen) atoms. The van der Waals surface area contributed by atoms with E-state index < -0.39 is 10.9 Å². The molecule has 0 atom stereocenters. The number of nitro groups is 1. The number of nitrogens with one attached hydrogen (secondary N) is 1. The lowest BCUT2D eigenvalue weighted by Gasteiger charge is -2.06. The smallest absolute Gasteiger partial charge is 0.356 e. The second-order valence-electron chi connectivity index (χ2n) is 3.80. The first-order valence-electron chi connectivity index (χ1n) is 5.60. The van der Waals surface area contributed by atoms with Gasteiger partial charge in [0.05, 0.1) is 24.6 Å². The SMILES string of the molecule is COC(=O)c1ccc([N+](=O)[O-])c(NCc2ccoc2)n1. The first-order valence-corrected chi connectivity index (χ1v) is 5.60. The van der Waals surface area contributed by atoms with Crippen molar-refractivity contribution in [2.45, 2.75) is 6.54 Å². The molecule has 0 spiro atoms. The molecule has 1 N–H and O–H groups in total.